The van der Waals surface area contributed by atoms with Gasteiger partial charge in [0.05, 0.1) is 24.4 Å². The molecule has 152 valence electrons. The predicted octanol–water partition coefficient (Wildman–Crippen LogP) is 3.97. The van der Waals surface area contributed by atoms with E-state index in [1.165, 1.54) is 5.69 Å². The van der Waals surface area contributed by atoms with Crippen LogP contribution in [-0.4, -0.2) is 38.3 Å². The van der Waals surface area contributed by atoms with E-state index in [4.69, 9.17) is 0 Å². The van der Waals surface area contributed by atoms with Crippen LogP contribution in [-0.2, 0) is 17.8 Å². The molecule has 0 aliphatic carbocycles. The molecule has 0 radical (unpaired) electrons. The van der Waals surface area contributed by atoms with E-state index in [0.717, 1.165) is 17.7 Å². The number of rotatable bonds is 4. The Balaban J connectivity index is 1.82. The second-order valence-corrected chi connectivity index (χ2v) is 10.1. The number of amides is 1. The molecule has 1 atom stereocenters. The minimum absolute atomic E-state index is 0.00173. The summed E-state index contributed by atoms with van der Waals surface area (Å²) >= 11 is 0. The summed E-state index contributed by atoms with van der Waals surface area (Å²) in [5.41, 5.74) is 3.24. The minimum Gasteiger partial charge on any atom is -0.393 e. The van der Waals surface area contributed by atoms with E-state index in [1.807, 2.05) is 34.0 Å². The first-order valence-electron chi connectivity index (χ1n) is 10.1. The molecule has 1 aromatic heterocycles. The zero-order valence-electron chi connectivity index (χ0n) is 17.8. The van der Waals surface area contributed by atoms with E-state index in [9.17, 15) is 9.90 Å². The Hall–Kier alpha value is -2.14. The maximum atomic E-state index is 13.0. The molecule has 1 aromatic carbocycles. The molecule has 28 heavy (non-hydrogen) atoms. The summed E-state index contributed by atoms with van der Waals surface area (Å²) in [7, 11) is 0. The topological polar surface area (TPSA) is 58.4 Å². The Labute approximate surface area is 168 Å². The largest absolute Gasteiger partial charge is 0.393 e. The molecule has 1 amide bonds. The van der Waals surface area contributed by atoms with Crippen molar-refractivity contribution in [2.45, 2.75) is 66.5 Å². The summed E-state index contributed by atoms with van der Waals surface area (Å²) in [5, 5.41) is 15.0. The van der Waals surface area contributed by atoms with Crippen LogP contribution in [0.4, 0.5) is 0 Å². The quantitative estimate of drug-likeness (QED) is 0.869. The lowest BCUT2D eigenvalue weighted by atomic mass is 9.87. The fourth-order valence-corrected chi connectivity index (χ4v) is 4.09. The van der Waals surface area contributed by atoms with Gasteiger partial charge in [0.2, 0.25) is 5.91 Å². The molecule has 0 bridgehead atoms. The maximum absolute atomic E-state index is 13.0. The van der Waals surface area contributed by atoms with Gasteiger partial charge in [-0.25, -0.2) is 4.68 Å². The Morgan fingerprint density at radius 1 is 1.25 bits per heavy atom. The molecule has 3 rings (SSSR count). The van der Waals surface area contributed by atoms with Gasteiger partial charge in [-0.1, -0.05) is 52.8 Å². The first-order chi connectivity index (χ1) is 13.0. The summed E-state index contributed by atoms with van der Waals surface area (Å²) < 4.78 is 2.00. The van der Waals surface area contributed by atoms with Gasteiger partial charge in [0.1, 0.15) is 0 Å². The van der Waals surface area contributed by atoms with Crippen molar-refractivity contribution in [3.8, 4) is 5.69 Å². The zero-order chi connectivity index (χ0) is 20.5. The number of nitrogens with zero attached hydrogens (tertiary/aromatic N) is 3. The highest BCUT2D eigenvalue weighted by molar-refractivity contribution is 5.77. The fourth-order valence-electron chi connectivity index (χ4n) is 4.09. The molecule has 5 heteroatoms. The highest BCUT2D eigenvalue weighted by Crippen LogP contribution is 2.32. The molecule has 2 heterocycles. The van der Waals surface area contributed by atoms with Crippen LogP contribution < -0.4 is 0 Å². The summed E-state index contributed by atoms with van der Waals surface area (Å²) in [6, 6.07) is 10.1. The second-order valence-electron chi connectivity index (χ2n) is 10.1. The molecule has 1 aliphatic heterocycles. The van der Waals surface area contributed by atoms with E-state index >= 15 is 0 Å². The molecular weight excluding hydrogens is 350 g/mol. The second kappa shape index (κ2) is 7.70. The van der Waals surface area contributed by atoms with Gasteiger partial charge in [-0.15, -0.1) is 0 Å². The normalized spacial score (nSPS) is 17.7. The van der Waals surface area contributed by atoms with Crippen molar-refractivity contribution in [2.75, 3.05) is 6.54 Å². The van der Waals surface area contributed by atoms with Gasteiger partial charge in [-0.3, -0.25) is 4.79 Å². The van der Waals surface area contributed by atoms with Gasteiger partial charge in [0.25, 0.3) is 0 Å². The lowest BCUT2D eigenvalue weighted by Gasteiger charge is -2.31. The smallest absolute Gasteiger partial charge is 0.225 e. The Morgan fingerprint density at radius 2 is 1.93 bits per heavy atom. The molecule has 1 unspecified atom stereocenters. The Bertz CT molecular complexity index is 818. The predicted molar refractivity (Wildman–Crippen MR) is 111 cm³/mol. The third kappa shape index (κ3) is 5.02. The molecule has 0 spiro atoms. The van der Waals surface area contributed by atoms with Crippen molar-refractivity contribution in [1.29, 1.82) is 0 Å². The molecular formula is C23H33N3O2. The van der Waals surface area contributed by atoms with E-state index < -0.39 is 6.10 Å². The van der Waals surface area contributed by atoms with Crippen molar-refractivity contribution in [3.05, 3.63) is 47.8 Å². The van der Waals surface area contributed by atoms with E-state index in [-0.39, 0.29) is 23.2 Å². The molecule has 1 N–H and O–H groups in total. The number of aliphatic hydroxyl groups excluding tert-OH is 1. The zero-order valence-corrected chi connectivity index (χ0v) is 17.8. The summed E-state index contributed by atoms with van der Waals surface area (Å²) in [4.78, 5) is 14.9. The van der Waals surface area contributed by atoms with Crippen LogP contribution in [0, 0.1) is 10.8 Å². The van der Waals surface area contributed by atoms with Gasteiger partial charge in [-0.2, -0.15) is 5.10 Å². The lowest BCUT2D eigenvalue weighted by molar-refractivity contribution is -0.135. The van der Waals surface area contributed by atoms with Crippen molar-refractivity contribution >= 4 is 5.91 Å². The highest BCUT2D eigenvalue weighted by Gasteiger charge is 2.33. The van der Waals surface area contributed by atoms with Crippen molar-refractivity contribution < 1.29 is 9.90 Å². The van der Waals surface area contributed by atoms with Crippen LogP contribution in [0.3, 0.4) is 0 Å². The van der Waals surface area contributed by atoms with E-state index in [0.29, 0.717) is 19.5 Å². The van der Waals surface area contributed by atoms with Crippen LogP contribution >= 0.6 is 0 Å². The summed E-state index contributed by atoms with van der Waals surface area (Å²) in [6.07, 6.45) is 2.93. The van der Waals surface area contributed by atoms with E-state index in [2.05, 4.69) is 51.9 Å². The molecule has 2 aromatic rings. The summed E-state index contributed by atoms with van der Waals surface area (Å²) in [5.74, 6) is 0.0186. The minimum atomic E-state index is -0.606. The fraction of sp³-hybridized carbons (Fsp3) is 0.565. The average Bonchev–Trinajstić information content (AvgIpc) is 2.88. The van der Waals surface area contributed by atoms with Gasteiger partial charge in [0.15, 0.2) is 0 Å². The standard InChI is InChI=1S/C23H33N3O2/c1-22(2,3)12-19(27)11-21(28)25-15-17-14-24-26(18-9-7-6-8-10-18)20(17)13-23(4,5)16-25/h6-10,14,19,27H,11-13,15-16H2,1-5H3. The number of aliphatic hydroxyl groups is 1. The third-order valence-electron chi connectivity index (χ3n) is 5.19. The van der Waals surface area contributed by atoms with Crippen molar-refractivity contribution in [2.24, 2.45) is 10.8 Å². The molecule has 0 saturated heterocycles. The van der Waals surface area contributed by atoms with Gasteiger partial charge in [-0.05, 0) is 35.8 Å². The van der Waals surface area contributed by atoms with Crippen LogP contribution in [0.1, 0.15) is 58.7 Å². The van der Waals surface area contributed by atoms with Crippen LogP contribution in [0.5, 0.6) is 0 Å². The Kier molecular flexibility index (Phi) is 5.67. The first-order valence-corrected chi connectivity index (χ1v) is 10.1. The van der Waals surface area contributed by atoms with Crippen molar-refractivity contribution in [3.63, 3.8) is 0 Å². The third-order valence-corrected chi connectivity index (χ3v) is 5.19. The lowest BCUT2D eigenvalue weighted by Crippen LogP contribution is -2.39. The van der Waals surface area contributed by atoms with Crippen molar-refractivity contribution in [1.82, 2.24) is 14.7 Å². The van der Waals surface area contributed by atoms with Gasteiger partial charge < -0.3 is 10.0 Å². The maximum Gasteiger partial charge on any atom is 0.225 e. The number of hydrogen-bond donors (Lipinski definition) is 1. The highest BCUT2D eigenvalue weighted by atomic mass is 16.3. The molecule has 1 aliphatic rings. The monoisotopic (exact) mass is 383 g/mol. The van der Waals surface area contributed by atoms with Gasteiger partial charge in [0, 0.05) is 24.3 Å². The molecule has 0 fully saturated rings. The SMILES string of the molecule is CC(C)(C)CC(O)CC(=O)N1Cc2cnn(-c3ccccc3)c2CC(C)(C)C1. The number of hydrogen-bond acceptors (Lipinski definition) is 3. The van der Waals surface area contributed by atoms with Crippen LogP contribution in [0.2, 0.25) is 0 Å². The number of aromatic nitrogens is 2. The van der Waals surface area contributed by atoms with Gasteiger partial charge >= 0.3 is 0 Å². The molecule has 5 nitrogen and oxygen atoms in total. The Morgan fingerprint density at radius 3 is 2.57 bits per heavy atom. The van der Waals surface area contributed by atoms with E-state index in [1.54, 1.807) is 0 Å². The van der Waals surface area contributed by atoms with Crippen LogP contribution in [0.25, 0.3) is 5.69 Å². The number of para-hydroxylation sites is 1. The van der Waals surface area contributed by atoms with Crippen LogP contribution in [0.15, 0.2) is 36.5 Å². The first kappa shape index (κ1) is 20.6. The number of carbonyl (C=O) groups is 1. The number of benzene rings is 1. The number of fused-ring (bicyclic) bond motifs is 1. The molecule has 0 saturated carbocycles. The average molecular weight is 384 g/mol. The summed E-state index contributed by atoms with van der Waals surface area (Å²) in [6.45, 7) is 11.9. The number of carbonyl (C=O) groups excluding carboxylic acids is 1.